The Labute approximate surface area is 172 Å². The molecule has 7 heteroatoms. The van der Waals surface area contributed by atoms with E-state index in [1.165, 1.54) is 6.26 Å². The lowest BCUT2D eigenvalue weighted by molar-refractivity contribution is 0.0962. The number of H-pyrrole nitrogens is 1. The van der Waals surface area contributed by atoms with Gasteiger partial charge in [0.15, 0.2) is 5.76 Å². The number of fused-ring (bicyclic) bond motifs is 2. The van der Waals surface area contributed by atoms with E-state index in [2.05, 4.69) is 10.3 Å². The van der Waals surface area contributed by atoms with Gasteiger partial charge in [0.1, 0.15) is 11.4 Å². The molecule has 30 heavy (non-hydrogen) atoms. The summed E-state index contributed by atoms with van der Waals surface area (Å²) in [6, 6.07) is 16.3. The fourth-order valence-corrected chi connectivity index (χ4v) is 3.76. The molecule has 0 atom stereocenters. The second kappa shape index (κ2) is 7.11. The first-order valence-corrected chi connectivity index (χ1v) is 9.59. The van der Waals surface area contributed by atoms with Gasteiger partial charge in [0, 0.05) is 34.9 Å². The van der Waals surface area contributed by atoms with Gasteiger partial charge in [-0.05, 0) is 54.4 Å². The third-order valence-electron chi connectivity index (χ3n) is 5.29. The van der Waals surface area contributed by atoms with Crippen LogP contribution in [0.1, 0.15) is 26.6 Å². The van der Waals surface area contributed by atoms with E-state index in [-0.39, 0.29) is 11.8 Å². The van der Waals surface area contributed by atoms with E-state index in [1.54, 1.807) is 30.2 Å². The normalized spacial score (nSPS) is 12.8. The van der Waals surface area contributed by atoms with Crippen LogP contribution in [0.25, 0.3) is 10.9 Å². The number of benzene rings is 2. The van der Waals surface area contributed by atoms with E-state index >= 15 is 0 Å². The highest BCUT2D eigenvalue weighted by atomic mass is 16.5. The number of carbonyl (C=O) groups is 2. The molecule has 0 radical (unpaired) electrons. The van der Waals surface area contributed by atoms with Gasteiger partial charge >= 0.3 is 0 Å². The predicted octanol–water partition coefficient (Wildman–Crippen LogP) is 4.22. The van der Waals surface area contributed by atoms with Crippen LogP contribution in [0.15, 0.2) is 65.3 Å². The molecule has 7 nitrogen and oxygen atoms in total. The molecule has 2 amide bonds. The molecule has 2 N–H and O–H groups in total. The minimum atomic E-state index is -0.257. The number of hydrogen-bond donors (Lipinski definition) is 2. The largest absolute Gasteiger partial charge is 0.497 e. The fourth-order valence-electron chi connectivity index (χ4n) is 3.76. The summed E-state index contributed by atoms with van der Waals surface area (Å²) < 4.78 is 10.5. The SMILES string of the molecule is COc1ccc2cc(C(=O)Nc3ccc4c(c3)N(C(=O)c3ccco3)CC4)[nH]c2c1. The Bertz CT molecular complexity index is 1260. The Balaban J connectivity index is 1.39. The minimum absolute atomic E-state index is 0.188. The van der Waals surface area contributed by atoms with Gasteiger partial charge in [-0.15, -0.1) is 0 Å². The maximum absolute atomic E-state index is 12.8. The number of rotatable bonds is 4. The maximum Gasteiger partial charge on any atom is 0.293 e. The number of ether oxygens (including phenoxy) is 1. The van der Waals surface area contributed by atoms with Crippen LogP contribution >= 0.6 is 0 Å². The molecule has 1 aliphatic rings. The van der Waals surface area contributed by atoms with Crippen molar-refractivity contribution < 1.29 is 18.7 Å². The fraction of sp³-hybridized carbons (Fsp3) is 0.130. The topological polar surface area (TPSA) is 87.6 Å². The number of nitrogens with one attached hydrogen (secondary N) is 2. The molecule has 0 fully saturated rings. The van der Waals surface area contributed by atoms with Gasteiger partial charge in [0.05, 0.1) is 13.4 Å². The second-order valence-corrected chi connectivity index (χ2v) is 7.12. The molecule has 2 aromatic carbocycles. The van der Waals surface area contributed by atoms with Gasteiger partial charge in [-0.1, -0.05) is 6.07 Å². The van der Waals surface area contributed by atoms with E-state index < -0.39 is 0 Å². The van der Waals surface area contributed by atoms with Crippen molar-refractivity contribution in [2.75, 3.05) is 23.9 Å². The summed E-state index contributed by atoms with van der Waals surface area (Å²) in [6.45, 7) is 0.579. The van der Waals surface area contributed by atoms with Gasteiger partial charge < -0.3 is 24.4 Å². The number of aromatic nitrogens is 1. The van der Waals surface area contributed by atoms with Crippen LogP contribution in [0.5, 0.6) is 5.75 Å². The number of hydrogen-bond acceptors (Lipinski definition) is 4. The molecule has 150 valence electrons. The molecule has 0 unspecified atom stereocenters. The van der Waals surface area contributed by atoms with Gasteiger partial charge in [-0.25, -0.2) is 0 Å². The molecule has 2 aromatic heterocycles. The molecule has 0 bridgehead atoms. The van der Waals surface area contributed by atoms with Gasteiger partial charge in [-0.2, -0.15) is 0 Å². The number of nitrogens with zero attached hydrogens (tertiary/aromatic N) is 1. The molecular weight excluding hydrogens is 382 g/mol. The number of methoxy groups -OCH3 is 1. The average Bonchev–Trinajstić information content (AvgIpc) is 3.51. The van der Waals surface area contributed by atoms with Crippen LogP contribution in [-0.4, -0.2) is 30.5 Å². The number of carbonyl (C=O) groups excluding carboxylic acids is 2. The zero-order valence-electron chi connectivity index (χ0n) is 16.3. The molecule has 1 aliphatic heterocycles. The van der Waals surface area contributed by atoms with E-state index in [0.29, 0.717) is 23.7 Å². The molecule has 4 aromatic rings. The predicted molar refractivity (Wildman–Crippen MR) is 113 cm³/mol. The molecule has 0 spiro atoms. The third kappa shape index (κ3) is 3.10. The number of anilines is 2. The number of aromatic amines is 1. The van der Waals surface area contributed by atoms with E-state index in [1.807, 2.05) is 36.4 Å². The summed E-state index contributed by atoms with van der Waals surface area (Å²) in [5.41, 5.74) is 3.74. The third-order valence-corrected chi connectivity index (χ3v) is 5.29. The van der Waals surface area contributed by atoms with Crippen LogP contribution in [-0.2, 0) is 6.42 Å². The zero-order valence-corrected chi connectivity index (χ0v) is 16.3. The summed E-state index contributed by atoms with van der Waals surface area (Å²) >= 11 is 0. The van der Waals surface area contributed by atoms with Crippen LogP contribution in [0.4, 0.5) is 11.4 Å². The Kier molecular flexibility index (Phi) is 4.28. The van der Waals surface area contributed by atoms with Crippen molar-refractivity contribution >= 4 is 34.1 Å². The average molecular weight is 401 g/mol. The molecule has 0 saturated carbocycles. The van der Waals surface area contributed by atoms with Crippen molar-refractivity contribution in [3.8, 4) is 5.75 Å². The summed E-state index contributed by atoms with van der Waals surface area (Å²) in [5, 5.41) is 3.83. The van der Waals surface area contributed by atoms with Gasteiger partial charge in [0.2, 0.25) is 0 Å². The van der Waals surface area contributed by atoms with Crippen LogP contribution in [0.3, 0.4) is 0 Å². The van der Waals surface area contributed by atoms with Crippen molar-refractivity contribution in [3.05, 3.63) is 77.9 Å². The Morgan fingerprint density at radius 3 is 2.83 bits per heavy atom. The standard InChI is InChI=1S/C23H19N3O4/c1-29-17-7-5-15-11-19(25-18(15)13-17)22(27)24-16-6-4-14-8-9-26(20(14)12-16)23(28)21-3-2-10-30-21/h2-7,10-13,25H,8-9H2,1H3,(H,24,27). The van der Waals surface area contributed by atoms with E-state index in [0.717, 1.165) is 34.3 Å². The summed E-state index contributed by atoms with van der Waals surface area (Å²) in [6.07, 6.45) is 2.25. The summed E-state index contributed by atoms with van der Waals surface area (Å²) in [5.74, 6) is 0.570. The van der Waals surface area contributed by atoms with Crippen molar-refractivity contribution in [2.24, 2.45) is 0 Å². The first kappa shape index (κ1) is 18.1. The molecule has 0 aliphatic carbocycles. The number of amides is 2. The highest BCUT2D eigenvalue weighted by Gasteiger charge is 2.27. The second-order valence-electron chi connectivity index (χ2n) is 7.12. The van der Waals surface area contributed by atoms with Crippen molar-refractivity contribution in [1.82, 2.24) is 4.98 Å². The van der Waals surface area contributed by atoms with Gasteiger partial charge in [0.25, 0.3) is 11.8 Å². The lowest BCUT2D eigenvalue weighted by atomic mass is 10.1. The smallest absolute Gasteiger partial charge is 0.293 e. The Hall–Kier alpha value is -4.00. The van der Waals surface area contributed by atoms with Crippen molar-refractivity contribution in [1.29, 1.82) is 0 Å². The van der Waals surface area contributed by atoms with Gasteiger partial charge in [-0.3, -0.25) is 9.59 Å². The minimum Gasteiger partial charge on any atom is -0.497 e. The van der Waals surface area contributed by atoms with Crippen LogP contribution < -0.4 is 15.0 Å². The summed E-state index contributed by atoms with van der Waals surface area (Å²) in [7, 11) is 1.60. The monoisotopic (exact) mass is 401 g/mol. The Morgan fingerprint density at radius 1 is 1.13 bits per heavy atom. The van der Waals surface area contributed by atoms with Crippen LogP contribution in [0, 0.1) is 0 Å². The molecular formula is C23H19N3O4. The van der Waals surface area contributed by atoms with Crippen molar-refractivity contribution in [2.45, 2.75) is 6.42 Å². The molecule has 3 heterocycles. The van der Waals surface area contributed by atoms with E-state index in [9.17, 15) is 9.59 Å². The number of furan rings is 1. The summed E-state index contributed by atoms with van der Waals surface area (Å²) in [4.78, 5) is 30.3. The first-order valence-electron chi connectivity index (χ1n) is 9.59. The lowest BCUT2D eigenvalue weighted by Gasteiger charge is -2.16. The van der Waals surface area contributed by atoms with Crippen molar-refractivity contribution in [3.63, 3.8) is 0 Å². The quantitative estimate of drug-likeness (QED) is 0.536. The molecule has 0 saturated heterocycles. The van der Waals surface area contributed by atoms with Crippen LogP contribution in [0.2, 0.25) is 0 Å². The zero-order chi connectivity index (χ0) is 20.7. The lowest BCUT2D eigenvalue weighted by Crippen LogP contribution is -2.28. The maximum atomic E-state index is 12.8. The first-order chi connectivity index (χ1) is 14.6. The Morgan fingerprint density at radius 2 is 2.03 bits per heavy atom. The molecule has 5 rings (SSSR count). The highest BCUT2D eigenvalue weighted by Crippen LogP contribution is 2.32. The van der Waals surface area contributed by atoms with E-state index in [4.69, 9.17) is 9.15 Å². The highest BCUT2D eigenvalue weighted by molar-refractivity contribution is 6.08.